The zero-order valence-corrected chi connectivity index (χ0v) is 15.6. The Hall–Kier alpha value is -2.99. The summed E-state index contributed by atoms with van der Waals surface area (Å²) in [5, 5.41) is 4.82. The fourth-order valence-corrected chi connectivity index (χ4v) is 4.30. The molecular formula is C21H19N3O2S. The molecule has 1 aliphatic rings. The van der Waals surface area contributed by atoms with Crippen LogP contribution in [0.3, 0.4) is 0 Å². The molecule has 0 radical (unpaired) electrons. The van der Waals surface area contributed by atoms with Crippen LogP contribution >= 0.6 is 11.3 Å². The highest BCUT2D eigenvalue weighted by molar-refractivity contribution is 7.10. The molecule has 1 fully saturated rings. The number of pyridine rings is 1. The van der Waals surface area contributed by atoms with Gasteiger partial charge in [0.15, 0.2) is 0 Å². The van der Waals surface area contributed by atoms with Gasteiger partial charge in [0.2, 0.25) is 11.8 Å². The van der Waals surface area contributed by atoms with Crippen LogP contribution in [0.15, 0.2) is 66.2 Å². The van der Waals surface area contributed by atoms with Crippen LogP contribution in [0, 0.1) is 12.8 Å². The van der Waals surface area contributed by atoms with E-state index in [1.165, 1.54) is 0 Å². The van der Waals surface area contributed by atoms with Crippen LogP contribution in [0.25, 0.3) is 0 Å². The average molecular weight is 377 g/mol. The number of amides is 2. The molecule has 1 aromatic carbocycles. The first-order valence-electron chi connectivity index (χ1n) is 8.77. The minimum Gasteiger partial charge on any atom is -0.310 e. The van der Waals surface area contributed by atoms with E-state index in [0.717, 1.165) is 16.1 Å². The molecule has 0 aliphatic carbocycles. The first-order valence-corrected chi connectivity index (χ1v) is 9.65. The van der Waals surface area contributed by atoms with Gasteiger partial charge < -0.3 is 10.2 Å². The lowest BCUT2D eigenvalue weighted by Gasteiger charge is -2.27. The Balaban J connectivity index is 1.68. The van der Waals surface area contributed by atoms with Gasteiger partial charge in [-0.3, -0.25) is 9.59 Å². The van der Waals surface area contributed by atoms with Crippen LogP contribution in [0.1, 0.15) is 22.9 Å². The van der Waals surface area contributed by atoms with Crippen LogP contribution in [-0.2, 0) is 9.59 Å². The minimum absolute atomic E-state index is 0.0431. The predicted molar refractivity (Wildman–Crippen MR) is 107 cm³/mol. The van der Waals surface area contributed by atoms with E-state index in [4.69, 9.17) is 0 Å². The van der Waals surface area contributed by atoms with Crippen molar-refractivity contribution < 1.29 is 9.59 Å². The van der Waals surface area contributed by atoms with Gasteiger partial charge >= 0.3 is 0 Å². The number of anilines is 2. The number of aromatic nitrogens is 1. The fourth-order valence-electron chi connectivity index (χ4n) is 3.42. The summed E-state index contributed by atoms with van der Waals surface area (Å²) in [7, 11) is 0. The first kappa shape index (κ1) is 17.4. The van der Waals surface area contributed by atoms with Crippen molar-refractivity contribution in [1.29, 1.82) is 0 Å². The number of carbonyl (C=O) groups excluding carboxylic acids is 2. The van der Waals surface area contributed by atoms with Gasteiger partial charge in [-0.15, -0.1) is 11.3 Å². The van der Waals surface area contributed by atoms with Crippen molar-refractivity contribution >= 4 is 34.7 Å². The van der Waals surface area contributed by atoms with Crippen molar-refractivity contribution in [3.05, 3.63) is 76.6 Å². The van der Waals surface area contributed by atoms with E-state index in [0.29, 0.717) is 5.82 Å². The number of rotatable bonds is 4. The van der Waals surface area contributed by atoms with Crippen LogP contribution < -0.4 is 10.2 Å². The lowest BCUT2D eigenvalue weighted by atomic mass is 9.97. The highest BCUT2D eigenvalue weighted by atomic mass is 32.1. The van der Waals surface area contributed by atoms with Gasteiger partial charge in [0.25, 0.3) is 0 Å². The Morgan fingerprint density at radius 1 is 1.15 bits per heavy atom. The SMILES string of the molecule is Cc1ccc(N2C(=O)C[C@H](C(=O)Nc3ccccn3)[C@H]2c2cccs2)cc1. The van der Waals surface area contributed by atoms with Crippen molar-refractivity contribution in [2.75, 3.05) is 10.2 Å². The zero-order chi connectivity index (χ0) is 18.8. The molecule has 0 unspecified atom stereocenters. The summed E-state index contributed by atoms with van der Waals surface area (Å²) in [6, 6.07) is 16.8. The highest BCUT2D eigenvalue weighted by Gasteiger charge is 2.45. The molecular weight excluding hydrogens is 358 g/mol. The third kappa shape index (κ3) is 3.48. The second-order valence-corrected chi connectivity index (χ2v) is 7.55. The van der Waals surface area contributed by atoms with Gasteiger partial charge in [-0.1, -0.05) is 29.8 Å². The third-order valence-electron chi connectivity index (χ3n) is 4.72. The molecule has 5 nitrogen and oxygen atoms in total. The van der Waals surface area contributed by atoms with Crippen molar-refractivity contribution in [3.8, 4) is 0 Å². The van der Waals surface area contributed by atoms with Crippen molar-refractivity contribution in [3.63, 3.8) is 0 Å². The second kappa shape index (κ2) is 7.32. The lowest BCUT2D eigenvalue weighted by Crippen LogP contribution is -2.32. The molecule has 136 valence electrons. The predicted octanol–water partition coefficient (Wildman–Crippen LogP) is 4.18. The van der Waals surface area contributed by atoms with Crippen molar-refractivity contribution in [2.45, 2.75) is 19.4 Å². The van der Waals surface area contributed by atoms with Crippen LogP contribution in [0.5, 0.6) is 0 Å². The molecule has 0 saturated carbocycles. The summed E-state index contributed by atoms with van der Waals surface area (Å²) in [6.07, 6.45) is 1.81. The Kier molecular flexibility index (Phi) is 4.73. The first-order chi connectivity index (χ1) is 13.1. The van der Waals surface area contributed by atoms with Crippen molar-refractivity contribution in [2.24, 2.45) is 5.92 Å². The molecule has 27 heavy (non-hydrogen) atoms. The van der Waals surface area contributed by atoms with Gasteiger partial charge in [0, 0.05) is 23.2 Å². The Labute approximate surface area is 161 Å². The van der Waals surface area contributed by atoms with Crippen LogP contribution in [0.4, 0.5) is 11.5 Å². The molecule has 1 saturated heterocycles. The van der Waals surface area contributed by atoms with E-state index < -0.39 is 5.92 Å². The number of nitrogens with zero attached hydrogens (tertiary/aromatic N) is 2. The number of hydrogen-bond acceptors (Lipinski definition) is 4. The highest BCUT2D eigenvalue weighted by Crippen LogP contribution is 2.43. The van der Waals surface area contributed by atoms with Gasteiger partial charge in [0.1, 0.15) is 5.82 Å². The maximum absolute atomic E-state index is 13.0. The monoisotopic (exact) mass is 377 g/mol. The fraction of sp³-hybridized carbons (Fsp3) is 0.190. The molecule has 3 heterocycles. The molecule has 6 heteroatoms. The van der Waals surface area contributed by atoms with E-state index in [-0.39, 0.29) is 24.3 Å². The standard InChI is InChI=1S/C21H19N3O2S/c1-14-7-9-15(10-8-14)24-19(25)13-16(20(24)17-5-4-12-27-17)21(26)23-18-6-2-3-11-22-18/h2-12,16,20H,13H2,1H3,(H,22,23,26)/t16-,20-/m0/s1. The number of carbonyl (C=O) groups is 2. The zero-order valence-electron chi connectivity index (χ0n) is 14.8. The average Bonchev–Trinajstić information content (AvgIpc) is 3.31. The largest absolute Gasteiger partial charge is 0.310 e. The Morgan fingerprint density at radius 3 is 2.63 bits per heavy atom. The number of aryl methyl sites for hydroxylation is 1. The molecule has 2 atom stereocenters. The summed E-state index contributed by atoms with van der Waals surface area (Å²) in [5.41, 5.74) is 1.94. The Bertz CT molecular complexity index is 939. The van der Waals surface area contributed by atoms with E-state index in [2.05, 4.69) is 10.3 Å². The maximum atomic E-state index is 13.0. The Morgan fingerprint density at radius 2 is 1.96 bits per heavy atom. The van der Waals surface area contributed by atoms with Crippen LogP contribution in [0.2, 0.25) is 0 Å². The molecule has 2 aromatic heterocycles. The molecule has 3 aromatic rings. The van der Waals surface area contributed by atoms with Crippen LogP contribution in [-0.4, -0.2) is 16.8 Å². The molecule has 2 amide bonds. The number of benzene rings is 1. The van der Waals surface area contributed by atoms with E-state index in [9.17, 15) is 9.59 Å². The van der Waals surface area contributed by atoms with E-state index >= 15 is 0 Å². The molecule has 1 N–H and O–H groups in total. The van der Waals surface area contributed by atoms with Gasteiger partial charge in [-0.05, 0) is 42.6 Å². The van der Waals surface area contributed by atoms with E-state index in [1.807, 2.05) is 54.8 Å². The summed E-state index contributed by atoms with van der Waals surface area (Å²) in [6.45, 7) is 2.01. The number of nitrogens with one attached hydrogen (secondary N) is 1. The number of thiophene rings is 1. The smallest absolute Gasteiger partial charge is 0.231 e. The maximum Gasteiger partial charge on any atom is 0.231 e. The molecule has 0 bridgehead atoms. The lowest BCUT2D eigenvalue weighted by molar-refractivity contribution is -0.122. The summed E-state index contributed by atoms with van der Waals surface area (Å²) < 4.78 is 0. The second-order valence-electron chi connectivity index (χ2n) is 6.57. The minimum atomic E-state index is -0.473. The third-order valence-corrected chi connectivity index (χ3v) is 5.67. The van der Waals surface area contributed by atoms with Gasteiger partial charge in [-0.2, -0.15) is 0 Å². The number of hydrogen-bond donors (Lipinski definition) is 1. The van der Waals surface area contributed by atoms with Crippen molar-refractivity contribution in [1.82, 2.24) is 4.98 Å². The topological polar surface area (TPSA) is 62.3 Å². The summed E-state index contributed by atoms with van der Waals surface area (Å²) in [4.78, 5) is 32.8. The van der Waals surface area contributed by atoms with Gasteiger partial charge in [0.05, 0.1) is 12.0 Å². The normalized spacial score (nSPS) is 19.3. The quantitative estimate of drug-likeness (QED) is 0.742. The molecule has 0 spiro atoms. The van der Waals surface area contributed by atoms with E-state index in [1.54, 1.807) is 34.6 Å². The molecule has 4 rings (SSSR count). The summed E-state index contributed by atoms with van der Waals surface area (Å²) in [5.74, 6) is -0.207. The summed E-state index contributed by atoms with van der Waals surface area (Å²) >= 11 is 1.56. The van der Waals surface area contributed by atoms with Gasteiger partial charge in [-0.25, -0.2) is 4.98 Å². The molecule has 1 aliphatic heterocycles.